The van der Waals surface area contributed by atoms with Crippen LogP contribution in [0.1, 0.15) is 38.0 Å². The Morgan fingerprint density at radius 1 is 1.35 bits per heavy atom. The van der Waals surface area contributed by atoms with Crippen molar-refractivity contribution in [3.05, 3.63) is 11.7 Å². The van der Waals surface area contributed by atoms with Crippen molar-refractivity contribution in [2.24, 2.45) is 0 Å². The van der Waals surface area contributed by atoms with Crippen LogP contribution in [-0.2, 0) is 6.42 Å². The van der Waals surface area contributed by atoms with Gasteiger partial charge in [0.15, 0.2) is 5.82 Å². The molecule has 1 atom stereocenters. The molecule has 0 radical (unpaired) electrons. The van der Waals surface area contributed by atoms with Crippen LogP contribution in [0.4, 0.5) is 0 Å². The number of nitrogens with one attached hydrogen (secondary N) is 1. The predicted octanol–water partition coefficient (Wildman–Crippen LogP) is 0.919. The lowest BCUT2D eigenvalue weighted by Crippen LogP contribution is -2.31. The Hall–Kier alpha value is -0.980. The largest absolute Gasteiger partial charge is 0.339 e. The van der Waals surface area contributed by atoms with E-state index in [4.69, 9.17) is 4.52 Å². The number of nitrogens with zero attached hydrogens (tertiary/aromatic N) is 4. The lowest BCUT2D eigenvalue weighted by Gasteiger charge is -2.24. The molecule has 1 aliphatic rings. The maximum Gasteiger partial charge on any atom is 0.227 e. The van der Waals surface area contributed by atoms with Gasteiger partial charge in [-0.2, -0.15) is 4.98 Å². The highest BCUT2D eigenvalue weighted by molar-refractivity contribution is 4.97. The van der Waals surface area contributed by atoms with E-state index >= 15 is 0 Å². The summed E-state index contributed by atoms with van der Waals surface area (Å²) in [6.07, 6.45) is 1.98. The molecule has 20 heavy (non-hydrogen) atoms. The van der Waals surface area contributed by atoms with E-state index in [-0.39, 0.29) is 6.04 Å². The smallest absolute Gasteiger partial charge is 0.227 e. The Bertz CT molecular complexity index is 406. The first-order chi connectivity index (χ1) is 9.56. The summed E-state index contributed by atoms with van der Waals surface area (Å²) in [6, 6.07) is 0.720. The molecule has 1 fully saturated rings. The van der Waals surface area contributed by atoms with Crippen molar-refractivity contribution >= 4 is 0 Å². The highest BCUT2D eigenvalue weighted by atomic mass is 16.5. The topological polar surface area (TPSA) is 57.4 Å². The Morgan fingerprint density at radius 3 is 2.90 bits per heavy atom. The maximum absolute atomic E-state index is 5.38. The molecule has 0 bridgehead atoms. The third-order valence-electron chi connectivity index (χ3n) is 3.74. The van der Waals surface area contributed by atoms with Gasteiger partial charge in [-0.05, 0) is 33.6 Å². The second kappa shape index (κ2) is 7.15. The molecule has 6 heteroatoms. The van der Waals surface area contributed by atoms with Crippen LogP contribution in [-0.4, -0.2) is 66.3 Å². The van der Waals surface area contributed by atoms with E-state index in [0.717, 1.165) is 44.3 Å². The first kappa shape index (κ1) is 15.4. The van der Waals surface area contributed by atoms with Crippen LogP contribution >= 0.6 is 0 Å². The zero-order valence-corrected chi connectivity index (χ0v) is 13.1. The molecule has 2 rings (SSSR count). The molecular formula is C14H27N5O. The minimum absolute atomic E-state index is 0.234. The van der Waals surface area contributed by atoms with Crippen molar-refractivity contribution in [2.45, 2.75) is 38.8 Å². The fourth-order valence-electron chi connectivity index (χ4n) is 2.52. The Balaban J connectivity index is 1.95. The zero-order valence-electron chi connectivity index (χ0n) is 13.1. The first-order valence-corrected chi connectivity index (χ1v) is 7.51. The minimum Gasteiger partial charge on any atom is -0.339 e. The van der Waals surface area contributed by atoms with E-state index in [1.165, 1.54) is 6.42 Å². The average Bonchev–Trinajstić information content (AvgIpc) is 2.77. The van der Waals surface area contributed by atoms with Crippen LogP contribution in [0.2, 0.25) is 0 Å². The Morgan fingerprint density at radius 2 is 2.15 bits per heavy atom. The first-order valence-electron chi connectivity index (χ1n) is 7.51. The van der Waals surface area contributed by atoms with Gasteiger partial charge in [0.2, 0.25) is 5.89 Å². The number of rotatable bonds is 5. The van der Waals surface area contributed by atoms with Crippen molar-refractivity contribution < 1.29 is 4.52 Å². The van der Waals surface area contributed by atoms with E-state index in [1.54, 1.807) is 0 Å². The molecule has 1 aromatic heterocycles. The molecule has 1 aromatic rings. The summed E-state index contributed by atoms with van der Waals surface area (Å²) in [7, 11) is 4.29. The molecule has 1 aliphatic heterocycles. The summed E-state index contributed by atoms with van der Waals surface area (Å²) in [5.74, 6) is 1.55. The molecular weight excluding hydrogens is 254 g/mol. The number of hydrogen-bond donors (Lipinski definition) is 1. The van der Waals surface area contributed by atoms with Crippen LogP contribution in [0.15, 0.2) is 4.52 Å². The molecule has 6 nitrogen and oxygen atoms in total. The van der Waals surface area contributed by atoms with Gasteiger partial charge in [0.25, 0.3) is 0 Å². The van der Waals surface area contributed by atoms with E-state index in [9.17, 15) is 0 Å². The normalized spacial score (nSPS) is 22.4. The quantitative estimate of drug-likeness (QED) is 0.866. The Kier molecular flexibility index (Phi) is 5.51. The summed E-state index contributed by atoms with van der Waals surface area (Å²) in [5, 5.41) is 7.54. The molecule has 0 amide bonds. The van der Waals surface area contributed by atoms with Crippen molar-refractivity contribution in [1.82, 2.24) is 25.3 Å². The molecule has 1 saturated heterocycles. The third-order valence-corrected chi connectivity index (χ3v) is 3.74. The van der Waals surface area contributed by atoms with Crippen molar-refractivity contribution in [1.29, 1.82) is 0 Å². The van der Waals surface area contributed by atoms with Gasteiger partial charge in [0.05, 0.1) is 6.04 Å². The van der Waals surface area contributed by atoms with E-state index in [0.29, 0.717) is 6.04 Å². The van der Waals surface area contributed by atoms with E-state index < -0.39 is 0 Å². The van der Waals surface area contributed by atoms with Crippen molar-refractivity contribution in [2.75, 3.05) is 40.3 Å². The van der Waals surface area contributed by atoms with Gasteiger partial charge >= 0.3 is 0 Å². The van der Waals surface area contributed by atoms with Gasteiger partial charge in [-0.15, -0.1) is 0 Å². The fraction of sp³-hybridized carbons (Fsp3) is 0.857. The van der Waals surface area contributed by atoms with Gasteiger partial charge in [-0.25, -0.2) is 0 Å². The van der Waals surface area contributed by atoms with Gasteiger partial charge < -0.3 is 14.7 Å². The molecule has 0 aliphatic carbocycles. The van der Waals surface area contributed by atoms with Gasteiger partial charge in [0, 0.05) is 25.6 Å². The van der Waals surface area contributed by atoms with Gasteiger partial charge in [0.1, 0.15) is 0 Å². The van der Waals surface area contributed by atoms with E-state index in [2.05, 4.69) is 53.2 Å². The van der Waals surface area contributed by atoms with Crippen LogP contribution in [0.5, 0.6) is 0 Å². The van der Waals surface area contributed by atoms with Crippen molar-refractivity contribution in [3.63, 3.8) is 0 Å². The molecule has 2 heterocycles. The van der Waals surface area contributed by atoms with Crippen LogP contribution < -0.4 is 5.32 Å². The van der Waals surface area contributed by atoms with Crippen LogP contribution in [0, 0.1) is 0 Å². The monoisotopic (exact) mass is 281 g/mol. The van der Waals surface area contributed by atoms with Crippen molar-refractivity contribution in [3.8, 4) is 0 Å². The van der Waals surface area contributed by atoms with Gasteiger partial charge in [-0.1, -0.05) is 19.0 Å². The second-order valence-corrected chi connectivity index (χ2v) is 6.02. The standard InChI is InChI=1S/C14H27N5O/c1-11(2)15-7-6-13-16-14(17-20-13)12-10-18(3)8-5-9-19(12)4/h11-12,15H,5-10H2,1-4H3. The highest BCUT2D eigenvalue weighted by Gasteiger charge is 2.26. The SMILES string of the molecule is CC(C)NCCc1nc(C2CN(C)CCCN2C)no1. The minimum atomic E-state index is 0.234. The number of likely N-dealkylation sites (N-methyl/N-ethyl adjacent to an activating group) is 2. The highest BCUT2D eigenvalue weighted by Crippen LogP contribution is 2.20. The zero-order chi connectivity index (χ0) is 14.5. The predicted molar refractivity (Wildman–Crippen MR) is 78.6 cm³/mol. The second-order valence-electron chi connectivity index (χ2n) is 6.02. The third kappa shape index (κ3) is 4.26. The molecule has 0 saturated carbocycles. The van der Waals surface area contributed by atoms with Gasteiger partial charge in [-0.3, -0.25) is 4.90 Å². The molecule has 0 spiro atoms. The summed E-state index contributed by atoms with van der Waals surface area (Å²) in [4.78, 5) is 9.23. The molecule has 1 N–H and O–H groups in total. The lowest BCUT2D eigenvalue weighted by atomic mass is 10.2. The summed E-state index contributed by atoms with van der Waals surface area (Å²) < 4.78 is 5.38. The summed E-state index contributed by atoms with van der Waals surface area (Å²) >= 11 is 0. The maximum atomic E-state index is 5.38. The summed E-state index contributed by atoms with van der Waals surface area (Å²) in [5.41, 5.74) is 0. The molecule has 1 unspecified atom stereocenters. The fourth-order valence-corrected chi connectivity index (χ4v) is 2.52. The van der Waals surface area contributed by atoms with E-state index in [1.807, 2.05) is 0 Å². The number of aromatic nitrogens is 2. The summed E-state index contributed by atoms with van der Waals surface area (Å²) in [6.45, 7) is 8.31. The Labute approximate surface area is 121 Å². The van der Waals surface area contributed by atoms with Crippen LogP contribution in [0.25, 0.3) is 0 Å². The number of hydrogen-bond acceptors (Lipinski definition) is 6. The molecule has 114 valence electrons. The van der Waals surface area contributed by atoms with Crippen LogP contribution in [0.3, 0.4) is 0 Å². The average molecular weight is 281 g/mol. The lowest BCUT2D eigenvalue weighted by molar-refractivity contribution is 0.214. The molecule has 0 aromatic carbocycles.